The van der Waals surface area contributed by atoms with Crippen molar-refractivity contribution < 1.29 is 4.74 Å². The van der Waals surface area contributed by atoms with E-state index in [4.69, 9.17) is 4.74 Å². The first-order valence-corrected chi connectivity index (χ1v) is 7.36. The Balaban J connectivity index is 1.91. The first-order valence-electron chi connectivity index (χ1n) is 7.36. The molecule has 1 saturated carbocycles. The summed E-state index contributed by atoms with van der Waals surface area (Å²) in [7, 11) is 0. The summed E-state index contributed by atoms with van der Waals surface area (Å²) in [6.07, 6.45) is 7.14. The second kappa shape index (κ2) is 6.38. The molecule has 3 heteroatoms. The molecule has 1 aromatic rings. The molecule has 2 rings (SSSR count). The number of hydrogen-bond donors (Lipinski definition) is 1. The minimum Gasteiger partial charge on any atom is -0.477 e. The summed E-state index contributed by atoms with van der Waals surface area (Å²) in [6, 6.07) is 4.07. The number of nitrogens with one attached hydrogen (secondary N) is 1. The first-order chi connectivity index (χ1) is 9.04. The van der Waals surface area contributed by atoms with Crippen LogP contribution in [0.2, 0.25) is 0 Å². The highest BCUT2D eigenvalue weighted by molar-refractivity contribution is 5.25. The van der Waals surface area contributed by atoms with E-state index in [1.54, 1.807) is 0 Å². The number of pyridine rings is 1. The van der Waals surface area contributed by atoms with Gasteiger partial charge in [0.15, 0.2) is 0 Å². The lowest BCUT2D eigenvalue weighted by atomic mass is 10.1. The van der Waals surface area contributed by atoms with Gasteiger partial charge in [-0.1, -0.05) is 18.9 Å². The molecule has 0 unspecified atom stereocenters. The zero-order valence-electron chi connectivity index (χ0n) is 12.4. The SMILES string of the molecule is CC(C)(C)NCc1cccnc1OCC1CCCC1. The summed E-state index contributed by atoms with van der Waals surface area (Å²) in [5, 5.41) is 3.49. The minimum atomic E-state index is 0.110. The summed E-state index contributed by atoms with van der Waals surface area (Å²) in [5.74, 6) is 1.52. The maximum atomic E-state index is 5.94. The molecule has 19 heavy (non-hydrogen) atoms. The van der Waals surface area contributed by atoms with Crippen molar-refractivity contribution in [3.8, 4) is 5.88 Å². The molecular formula is C16H26N2O. The van der Waals surface area contributed by atoms with Crippen molar-refractivity contribution in [2.45, 2.75) is 58.5 Å². The molecular weight excluding hydrogens is 236 g/mol. The second-order valence-corrected chi connectivity index (χ2v) is 6.53. The highest BCUT2D eigenvalue weighted by Crippen LogP contribution is 2.26. The van der Waals surface area contributed by atoms with E-state index in [2.05, 4.69) is 37.1 Å². The molecule has 1 aliphatic carbocycles. The predicted molar refractivity (Wildman–Crippen MR) is 78.3 cm³/mol. The first kappa shape index (κ1) is 14.3. The van der Waals surface area contributed by atoms with Gasteiger partial charge in [-0.15, -0.1) is 0 Å². The fraction of sp³-hybridized carbons (Fsp3) is 0.688. The van der Waals surface area contributed by atoms with Crippen LogP contribution in [0.4, 0.5) is 0 Å². The summed E-state index contributed by atoms with van der Waals surface area (Å²) in [5.41, 5.74) is 1.26. The molecule has 1 aromatic heterocycles. The number of aromatic nitrogens is 1. The average Bonchev–Trinajstić information content (AvgIpc) is 2.87. The normalized spacial score (nSPS) is 16.8. The number of nitrogens with zero attached hydrogens (tertiary/aromatic N) is 1. The van der Waals surface area contributed by atoms with Gasteiger partial charge in [0.1, 0.15) is 0 Å². The summed E-state index contributed by atoms with van der Waals surface area (Å²) < 4.78 is 5.94. The molecule has 1 heterocycles. The van der Waals surface area contributed by atoms with E-state index in [1.807, 2.05) is 12.3 Å². The van der Waals surface area contributed by atoms with Crippen LogP contribution in [0.3, 0.4) is 0 Å². The van der Waals surface area contributed by atoms with Gasteiger partial charge < -0.3 is 10.1 Å². The average molecular weight is 262 g/mol. The molecule has 1 fully saturated rings. The van der Waals surface area contributed by atoms with E-state index >= 15 is 0 Å². The van der Waals surface area contributed by atoms with Gasteiger partial charge in [-0.3, -0.25) is 0 Å². The van der Waals surface area contributed by atoms with E-state index in [1.165, 1.54) is 25.7 Å². The van der Waals surface area contributed by atoms with Crippen molar-refractivity contribution in [1.29, 1.82) is 0 Å². The Morgan fingerprint density at radius 2 is 2.05 bits per heavy atom. The quantitative estimate of drug-likeness (QED) is 0.881. The Morgan fingerprint density at radius 1 is 1.32 bits per heavy atom. The van der Waals surface area contributed by atoms with E-state index in [9.17, 15) is 0 Å². The Bertz CT molecular complexity index is 392. The Morgan fingerprint density at radius 3 is 2.74 bits per heavy atom. The van der Waals surface area contributed by atoms with Crippen LogP contribution >= 0.6 is 0 Å². The van der Waals surface area contributed by atoms with Crippen LogP contribution < -0.4 is 10.1 Å². The van der Waals surface area contributed by atoms with Crippen molar-refractivity contribution in [2.24, 2.45) is 5.92 Å². The van der Waals surface area contributed by atoms with Crippen molar-refractivity contribution >= 4 is 0 Å². The number of hydrogen-bond acceptors (Lipinski definition) is 3. The fourth-order valence-electron chi connectivity index (χ4n) is 2.42. The van der Waals surface area contributed by atoms with Gasteiger partial charge in [-0.2, -0.15) is 0 Å². The topological polar surface area (TPSA) is 34.2 Å². The van der Waals surface area contributed by atoms with Crippen LogP contribution in [0.1, 0.15) is 52.0 Å². The highest BCUT2D eigenvalue weighted by atomic mass is 16.5. The van der Waals surface area contributed by atoms with Crippen LogP contribution in [0.5, 0.6) is 5.88 Å². The predicted octanol–water partition coefficient (Wildman–Crippen LogP) is 3.54. The third kappa shape index (κ3) is 4.83. The van der Waals surface area contributed by atoms with Crippen LogP contribution in [0, 0.1) is 5.92 Å². The number of rotatable bonds is 5. The van der Waals surface area contributed by atoms with Crippen molar-refractivity contribution in [3.05, 3.63) is 23.9 Å². The lowest BCUT2D eigenvalue weighted by Gasteiger charge is -2.21. The zero-order chi connectivity index (χ0) is 13.7. The standard InChI is InChI=1S/C16H26N2O/c1-16(2,3)18-11-14-9-6-10-17-15(14)19-12-13-7-4-5-8-13/h6,9-10,13,18H,4-5,7-8,11-12H2,1-3H3. The zero-order valence-corrected chi connectivity index (χ0v) is 12.4. The Kier molecular flexibility index (Phi) is 4.81. The van der Waals surface area contributed by atoms with Crippen molar-refractivity contribution in [3.63, 3.8) is 0 Å². The lowest BCUT2D eigenvalue weighted by molar-refractivity contribution is 0.240. The molecule has 0 aromatic carbocycles. The van der Waals surface area contributed by atoms with E-state index in [0.29, 0.717) is 0 Å². The summed E-state index contributed by atoms with van der Waals surface area (Å²) >= 11 is 0. The van der Waals surface area contributed by atoms with E-state index in [-0.39, 0.29) is 5.54 Å². The van der Waals surface area contributed by atoms with Gasteiger partial charge in [0, 0.05) is 23.8 Å². The summed E-state index contributed by atoms with van der Waals surface area (Å²) in [6.45, 7) is 8.13. The lowest BCUT2D eigenvalue weighted by Crippen LogP contribution is -2.35. The van der Waals surface area contributed by atoms with Crippen molar-refractivity contribution in [2.75, 3.05) is 6.61 Å². The molecule has 3 nitrogen and oxygen atoms in total. The van der Waals surface area contributed by atoms with Crippen molar-refractivity contribution in [1.82, 2.24) is 10.3 Å². The van der Waals surface area contributed by atoms with Gasteiger partial charge in [-0.05, 0) is 45.6 Å². The highest BCUT2D eigenvalue weighted by Gasteiger charge is 2.17. The van der Waals surface area contributed by atoms with Gasteiger partial charge in [0.05, 0.1) is 6.61 Å². The smallest absolute Gasteiger partial charge is 0.217 e. The van der Waals surface area contributed by atoms with E-state index in [0.717, 1.165) is 30.5 Å². The molecule has 1 N–H and O–H groups in total. The van der Waals surface area contributed by atoms with Gasteiger partial charge in [0.25, 0.3) is 0 Å². The molecule has 0 atom stereocenters. The molecule has 0 radical (unpaired) electrons. The monoisotopic (exact) mass is 262 g/mol. The maximum Gasteiger partial charge on any atom is 0.217 e. The third-order valence-corrected chi connectivity index (χ3v) is 3.59. The molecule has 0 amide bonds. The van der Waals surface area contributed by atoms with Crippen LogP contribution in [-0.2, 0) is 6.54 Å². The largest absolute Gasteiger partial charge is 0.477 e. The fourth-order valence-corrected chi connectivity index (χ4v) is 2.42. The molecule has 1 aliphatic rings. The van der Waals surface area contributed by atoms with Crippen LogP contribution in [0.15, 0.2) is 18.3 Å². The minimum absolute atomic E-state index is 0.110. The van der Waals surface area contributed by atoms with E-state index < -0.39 is 0 Å². The van der Waals surface area contributed by atoms with Crippen LogP contribution in [-0.4, -0.2) is 17.1 Å². The number of ether oxygens (including phenoxy) is 1. The Labute approximate surface area is 116 Å². The molecule has 0 saturated heterocycles. The van der Waals surface area contributed by atoms with Gasteiger partial charge in [-0.25, -0.2) is 4.98 Å². The van der Waals surface area contributed by atoms with Crippen LogP contribution in [0.25, 0.3) is 0 Å². The molecule has 0 aliphatic heterocycles. The molecule has 0 spiro atoms. The summed E-state index contributed by atoms with van der Waals surface area (Å²) in [4.78, 5) is 4.38. The third-order valence-electron chi connectivity index (χ3n) is 3.59. The maximum absolute atomic E-state index is 5.94. The van der Waals surface area contributed by atoms with Gasteiger partial charge >= 0.3 is 0 Å². The molecule has 0 bridgehead atoms. The van der Waals surface area contributed by atoms with Gasteiger partial charge in [0.2, 0.25) is 5.88 Å². The Hall–Kier alpha value is -1.09. The molecule has 106 valence electrons. The second-order valence-electron chi connectivity index (χ2n) is 6.53.